The average Bonchev–Trinajstić information content (AvgIpc) is 3.39. The Hall–Kier alpha value is -4.59. The third-order valence-corrected chi connectivity index (χ3v) is 5.49. The van der Waals surface area contributed by atoms with Gasteiger partial charge in [0.15, 0.2) is 0 Å². The van der Waals surface area contributed by atoms with E-state index in [9.17, 15) is 29.8 Å². The van der Waals surface area contributed by atoms with E-state index in [0.717, 1.165) is 19.5 Å². The van der Waals surface area contributed by atoms with Crippen molar-refractivity contribution >= 4 is 29.5 Å². The molecular weight excluding hydrogens is 488 g/mol. The molecule has 2 N–H and O–H groups in total. The first kappa shape index (κ1) is 27.0. The highest BCUT2D eigenvalue weighted by Crippen LogP contribution is 2.14. The first-order chi connectivity index (χ1) is 17.7. The fourth-order valence-corrected chi connectivity index (χ4v) is 3.52. The van der Waals surface area contributed by atoms with Crippen LogP contribution in [0.15, 0.2) is 53.5 Å². The van der Waals surface area contributed by atoms with Crippen LogP contribution >= 0.6 is 0 Å². The van der Waals surface area contributed by atoms with Gasteiger partial charge in [0.1, 0.15) is 13.2 Å². The Balaban J connectivity index is 1.61. The second-order valence-corrected chi connectivity index (χ2v) is 8.28. The Morgan fingerprint density at radius 3 is 2.03 bits per heavy atom. The van der Waals surface area contributed by atoms with E-state index in [-0.39, 0.29) is 36.5 Å². The normalized spacial score (nSPS) is 15.1. The van der Waals surface area contributed by atoms with Crippen molar-refractivity contribution in [2.45, 2.75) is 19.6 Å². The third kappa shape index (κ3) is 8.54. The molecule has 3 rings (SSSR count). The minimum absolute atomic E-state index is 0.0747. The first-order valence-electron chi connectivity index (χ1n) is 11.3. The molecule has 2 amide bonds. The minimum Gasteiger partial charge on any atom is -0.444 e. The molecule has 0 saturated carbocycles. The van der Waals surface area contributed by atoms with Crippen molar-refractivity contribution in [2.75, 3.05) is 26.7 Å². The molecule has 0 aromatic heterocycles. The van der Waals surface area contributed by atoms with Crippen molar-refractivity contribution in [3.05, 3.63) is 79.9 Å². The topological polar surface area (TPSA) is 179 Å². The summed E-state index contributed by atoms with van der Waals surface area (Å²) in [6.45, 7) is 1.83. The van der Waals surface area contributed by atoms with Gasteiger partial charge in [-0.15, -0.1) is 4.99 Å². The molecule has 0 unspecified atom stereocenters. The van der Waals surface area contributed by atoms with Crippen LogP contribution in [-0.4, -0.2) is 59.6 Å². The Morgan fingerprint density at radius 2 is 1.54 bits per heavy atom. The van der Waals surface area contributed by atoms with Crippen LogP contribution in [0, 0.1) is 26.1 Å². The van der Waals surface area contributed by atoms with Crippen LogP contribution in [-0.2, 0) is 22.7 Å². The van der Waals surface area contributed by atoms with E-state index in [2.05, 4.69) is 15.6 Å². The SMILES string of the molecule is CN(C[C@H]1CCNC1)C(=NC(=O)OCc1ccc([N+](=O)[O-])cc1)NC(=O)OCc1ccc([N+](=O)[O-])cc1. The second-order valence-electron chi connectivity index (χ2n) is 8.28. The molecule has 1 aliphatic heterocycles. The third-order valence-electron chi connectivity index (χ3n) is 5.49. The smallest absolute Gasteiger partial charge is 0.437 e. The molecule has 1 atom stereocenters. The highest BCUT2D eigenvalue weighted by atomic mass is 16.6. The first-order valence-corrected chi connectivity index (χ1v) is 11.3. The van der Waals surface area contributed by atoms with Gasteiger partial charge < -0.3 is 19.7 Å². The molecule has 2 aromatic rings. The highest BCUT2D eigenvalue weighted by Gasteiger charge is 2.21. The predicted octanol–water partition coefficient (Wildman–Crippen LogP) is 2.96. The van der Waals surface area contributed by atoms with Crippen LogP contribution in [0.25, 0.3) is 0 Å². The molecule has 37 heavy (non-hydrogen) atoms. The number of ether oxygens (including phenoxy) is 2. The van der Waals surface area contributed by atoms with Crippen molar-refractivity contribution < 1.29 is 28.9 Å². The van der Waals surface area contributed by atoms with Crippen LogP contribution < -0.4 is 10.6 Å². The lowest BCUT2D eigenvalue weighted by Gasteiger charge is -2.24. The summed E-state index contributed by atoms with van der Waals surface area (Å²) in [6.07, 6.45) is -0.927. The maximum absolute atomic E-state index is 12.4. The summed E-state index contributed by atoms with van der Waals surface area (Å²) in [7, 11) is 1.66. The molecule has 14 heteroatoms. The number of amides is 2. The van der Waals surface area contributed by atoms with Crippen molar-refractivity contribution in [1.82, 2.24) is 15.5 Å². The quantitative estimate of drug-likeness (QED) is 0.230. The van der Waals surface area contributed by atoms with Crippen molar-refractivity contribution in [3.8, 4) is 0 Å². The van der Waals surface area contributed by atoms with E-state index in [1.54, 1.807) is 11.9 Å². The van der Waals surface area contributed by atoms with Crippen LogP contribution in [0.3, 0.4) is 0 Å². The van der Waals surface area contributed by atoms with Gasteiger partial charge in [0.2, 0.25) is 5.96 Å². The van der Waals surface area contributed by atoms with Gasteiger partial charge in [-0.3, -0.25) is 25.5 Å². The molecular formula is C23H26N6O8. The van der Waals surface area contributed by atoms with E-state index in [1.807, 2.05) is 0 Å². The van der Waals surface area contributed by atoms with E-state index in [0.29, 0.717) is 17.7 Å². The summed E-state index contributed by atoms with van der Waals surface area (Å²) in [4.78, 5) is 50.8. The number of hydrogen-bond donors (Lipinski definition) is 2. The number of non-ortho nitro benzene ring substituents is 2. The number of hydrogen-bond acceptors (Lipinski definition) is 9. The van der Waals surface area contributed by atoms with Crippen molar-refractivity contribution in [2.24, 2.45) is 10.9 Å². The molecule has 0 spiro atoms. The highest BCUT2D eigenvalue weighted by molar-refractivity contribution is 5.98. The van der Waals surface area contributed by atoms with Gasteiger partial charge in [0.05, 0.1) is 9.85 Å². The van der Waals surface area contributed by atoms with Crippen LogP contribution in [0.2, 0.25) is 0 Å². The minimum atomic E-state index is -0.972. The van der Waals surface area contributed by atoms with E-state index < -0.39 is 22.0 Å². The standard InChI is InChI=1S/C23H26N6O8/c1-27(13-18-10-11-24-12-18)21(25-22(30)36-14-16-2-6-19(7-3-16)28(32)33)26-23(31)37-15-17-4-8-20(9-5-17)29(34)35/h2-9,18,24H,10-15H2,1H3,(H,25,26,30,31)/t18-/m0/s1. The molecule has 0 radical (unpaired) electrons. The van der Waals surface area contributed by atoms with Crippen molar-refractivity contribution in [1.29, 1.82) is 0 Å². The van der Waals surface area contributed by atoms with Gasteiger partial charge >= 0.3 is 12.2 Å². The number of nitro groups is 2. The summed E-state index contributed by atoms with van der Waals surface area (Å²) in [5.74, 6) is 0.207. The fourth-order valence-electron chi connectivity index (χ4n) is 3.52. The maximum atomic E-state index is 12.4. The lowest BCUT2D eigenvalue weighted by molar-refractivity contribution is -0.385. The largest absolute Gasteiger partial charge is 0.444 e. The number of guanidine groups is 1. The molecule has 1 fully saturated rings. The van der Waals surface area contributed by atoms with Crippen LogP contribution in [0.4, 0.5) is 21.0 Å². The Morgan fingerprint density at radius 1 is 1.00 bits per heavy atom. The molecule has 1 saturated heterocycles. The average molecular weight is 514 g/mol. The van der Waals surface area contributed by atoms with Gasteiger partial charge in [-0.2, -0.15) is 0 Å². The number of aliphatic imine (C=N–C) groups is 1. The zero-order valence-electron chi connectivity index (χ0n) is 20.0. The second kappa shape index (κ2) is 12.9. The van der Waals surface area contributed by atoms with Crippen LogP contribution in [0.1, 0.15) is 17.5 Å². The maximum Gasteiger partial charge on any atom is 0.437 e. The summed E-state index contributed by atoms with van der Waals surface area (Å²) in [5.41, 5.74) is 0.886. The van der Waals surface area contributed by atoms with Crippen LogP contribution in [0.5, 0.6) is 0 Å². The molecule has 0 aliphatic carbocycles. The van der Waals surface area contributed by atoms with Gasteiger partial charge in [0, 0.05) is 37.9 Å². The summed E-state index contributed by atoms with van der Waals surface area (Å²) in [6, 6.07) is 11.0. The molecule has 14 nitrogen and oxygen atoms in total. The Bertz CT molecular complexity index is 1150. The fraction of sp³-hybridized carbons (Fsp3) is 0.348. The summed E-state index contributed by atoms with van der Waals surface area (Å²) < 4.78 is 10.3. The summed E-state index contributed by atoms with van der Waals surface area (Å²) in [5, 5.41) is 27.2. The lowest BCUT2D eigenvalue weighted by Crippen LogP contribution is -2.45. The predicted molar refractivity (Wildman–Crippen MR) is 131 cm³/mol. The lowest BCUT2D eigenvalue weighted by atomic mass is 10.1. The molecule has 1 aliphatic rings. The number of nitrogens with zero attached hydrogens (tertiary/aromatic N) is 4. The zero-order valence-corrected chi connectivity index (χ0v) is 20.0. The Kier molecular flexibility index (Phi) is 9.43. The molecule has 0 bridgehead atoms. The number of carbonyl (C=O) groups is 2. The monoisotopic (exact) mass is 514 g/mol. The number of carbonyl (C=O) groups excluding carboxylic acids is 2. The molecule has 1 heterocycles. The number of nitrogens with one attached hydrogen (secondary N) is 2. The summed E-state index contributed by atoms with van der Waals surface area (Å²) >= 11 is 0. The van der Waals surface area contributed by atoms with Gasteiger partial charge in [-0.1, -0.05) is 0 Å². The van der Waals surface area contributed by atoms with E-state index >= 15 is 0 Å². The van der Waals surface area contributed by atoms with Gasteiger partial charge in [0.25, 0.3) is 11.4 Å². The number of rotatable bonds is 8. The number of alkyl carbamates (subject to hydrolysis) is 1. The van der Waals surface area contributed by atoms with E-state index in [4.69, 9.17) is 9.47 Å². The zero-order chi connectivity index (χ0) is 26.8. The van der Waals surface area contributed by atoms with Gasteiger partial charge in [-0.05, 0) is 60.8 Å². The Labute approximate surface area is 211 Å². The van der Waals surface area contributed by atoms with Crippen molar-refractivity contribution in [3.63, 3.8) is 0 Å². The van der Waals surface area contributed by atoms with Gasteiger partial charge in [-0.25, -0.2) is 9.59 Å². The number of nitro benzene ring substituents is 2. The molecule has 2 aromatic carbocycles. The number of benzene rings is 2. The van der Waals surface area contributed by atoms with E-state index in [1.165, 1.54) is 48.5 Å². The molecule has 196 valence electrons.